The van der Waals surface area contributed by atoms with Crippen LogP contribution in [0.1, 0.15) is 47.1 Å². The summed E-state index contributed by atoms with van der Waals surface area (Å²) in [5.41, 5.74) is -0.688. The van der Waals surface area contributed by atoms with Gasteiger partial charge in [0.1, 0.15) is 5.54 Å². The molecule has 0 bridgehead atoms. The Kier molecular flexibility index (Phi) is 9.84. The number of thiol groups is 1. The molecule has 2 N–H and O–H groups in total. The van der Waals surface area contributed by atoms with Crippen molar-refractivity contribution in [3.63, 3.8) is 0 Å². The maximum atomic E-state index is 12.8. The molecule has 0 saturated heterocycles. The standard InChI is InChI=1S/C22H34N2O5S/c1-7-29-19(26)16(14-28-13-15-11-9-8-10-12-15)23-20(27)22(5,6)24-18(25)17(30)21(2,3)4/h8-12,16-17,30H,7,13-14H2,1-6H3,(H,23,27)(H,24,25)/t16-,17+/m0/s1. The van der Waals surface area contributed by atoms with Crippen LogP contribution in [0.15, 0.2) is 30.3 Å². The van der Waals surface area contributed by atoms with Crippen LogP contribution in [0.3, 0.4) is 0 Å². The summed E-state index contributed by atoms with van der Waals surface area (Å²) in [6.45, 7) is 10.9. The largest absolute Gasteiger partial charge is 0.464 e. The Labute approximate surface area is 184 Å². The zero-order chi connectivity index (χ0) is 22.9. The van der Waals surface area contributed by atoms with E-state index in [1.807, 2.05) is 51.1 Å². The quantitative estimate of drug-likeness (QED) is 0.385. The third kappa shape index (κ3) is 8.36. The lowest BCUT2D eigenvalue weighted by atomic mass is 9.90. The summed E-state index contributed by atoms with van der Waals surface area (Å²) in [4.78, 5) is 37.6. The number of ether oxygens (including phenoxy) is 2. The lowest BCUT2D eigenvalue weighted by Crippen LogP contribution is -2.60. The Morgan fingerprint density at radius 2 is 1.67 bits per heavy atom. The maximum absolute atomic E-state index is 12.8. The van der Waals surface area contributed by atoms with Gasteiger partial charge in [-0.1, -0.05) is 51.1 Å². The Morgan fingerprint density at radius 1 is 1.07 bits per heavy atom. The molecule has 0 aliphatic carbocycles. The van der Waals surface area contributed by atoms with E-state index in [4.69, 9.17) is 9.47 Å². The summed E-state index contributed by atoms with van der Waals surface area (Å²) in [6.07, 6.45) is 0. The number of esters is 1. The average Bonchev–Trinajstić information content (AvgIpc) is 2.66. The van der Waals surface area contributed by atoms with E-state index in [1.165, 1.54) is 0 Å². The van der Waals surface area contributed by atoms with Gasteiger partial charge in [-0.05, 0) is 31.7 Å². The van der Waals surface area contributed by atoms with Gasteiger partial charge in [-0.15, -0.1) is 0 Å². The number of hydrogen-bond donors (Lipinski definition) is 3. The second kappa shape index (κ2) is 11.4. The highest BCUT2D eigenvalue weighted by molar-refractivity contribution is 7.81. The zero-order valence-electron chi connectivity index (χ0n) is 18.7. The summed E-state index contributed by atoms with van der Waals surface area (Å²) >= 11 is 4.36. The molecule has 2 atom stereocenters. The monoisotopic (exact) mass is 438 g/mol. The van der Waals surface area contributed by atoms with Gasteiger partial charge in [0.2, 0.25) is 11.8 Å². The van der Waals surface area contributed by atoms with Crippen molar-refractivity contribution < 1.29 is 23.9 Å². The van der Waals surface area contributed by atoms with Crippen molar-refractivity contribution in [2.24, 2.45) is 5.41 Å². The SMILES string of the molecule is CCOC(=O)[C@H](COCc1ccccc1)NC(=O)C(C)(C)NC(=O)[C@@H](S)C(C)(C)C. The topological polar surface area (TPSA) is 93.7 Å². The van der Waals surface area contributed by atoms with E-state index >= 15 is 0 Å². The minimum atomic E-state index is -1.26. The minimum Gasteiger partial charge on any atom is -0.464 e. The van der Waals surface area contributed by atoms with Gasteiger partial charge in [-0.2, -0.15) is 12.6 Å². The van der Waals surface area contributed by atoms with Crippen molar-refractivity contribution in [2.75, 3.05) is 13.2 Å². The fourth-order valence-electron chi connectivity index (χ4n) is 2.45. The zero-order valence-corrected chi connectivity index (χ0v) is 19.5. The predicted octanol–water partition coefficient (Wildman–Crippen LogP) is 2.49. The third-order valence-corrected chi connectivity index (χ3v) is 5.35. The van der Waals surface area contributed by atoms with E-state index < -0.39 is 28.7 Å². The molecule has 0 unspecified atom stereocenters. The first-order chi connectivity index (χ1) is 13.9. The van der Waals surface area contributed by atoms with E-state index in [1.54, 1.807) is 20.8 Å². The number of carbonyl (C=O) groups excluding carboxylic acids is 3. The first-order valence-corrected chi connectivity index (χ1v) is 10.5. The highest BCUT2D eigenvalue weighted by atomic mass is 32.1. The summed E-state index contributed by atoms with van der Waals surface area (Å²) in [5.74, 6) is -1.48. The van der Waals surface area contributed by atoms with Crippen LogP contribution in [-0.4, -0.2) is 47.8 Å². The number of carbonyl (C=O) groups is 3. The van der Waals surface area contributed by atoms with Crippen LogP contribution < -0.4 is 10.6 Å². The third-order valence-electron chi connectivity index (χ3n) is 4.34. The molecule has 0 saturated carbocycles. The molecule has 0 aliphatic heterocycles. The lowest BCUT2D eigenvalue weighted by molar-refractivity contribution is -0.150. The van der Waals surface area contributed by atoms with Crippen LogP contribution in [0.25, 0.3) is 0 Å². The normalized spacial score (nSPS) is 13.8. The van der Waals surface area contributed by atoms with Crippen LogP contribution in [0.4, 0.5) is 0 Å². The molecule has 1 aromatic carbocycles. The van der Waals surface area contributed by atoms with Crippen molar-refractivity contribution in [1.82, 2.24) is 10.6 Å². The molecular weight excluding hydrogens is 404 g/mol. The first kappa shape index (κ1) is 26.0. The van der Waals surface area contributed by atoms with Gasteiger partial charge in [0.25, 0.3) is 0 Å². The van der Waals surface area contributed by atoms with Crippen LogP contribution >= 0.6 is 12.6 Å². The molecule has 0 radical (unpaired) electrons. The molecule has 0 aliphatic rings. The van der Waals surface area contributed by atoms with Crippen molar-refractivity contribution in [3.8, 4) is 0 Å². The van der Waals surface area contributed by atoms with Gasteiger partial charge in [-0.25, -0.2) is 4.79 Å². The summed E-state index contributed by atoms with van der Waals surface area (Å²) < 4.78 is 10.7. The molecule has 0 spiro atoms. The van der Waals surface area contributed by atoms with E-state index in [2.05, 4.69) is 23.3 Å². The molecule has 1 aromatic rings. The number of amides is 2. The van der Waals surface area contributed by atoms with Crippen LogP contribution in [0, 0.1) is 5.41 Å². The van der Waals surface area contributed by atoms with Gasteiger partial charge in [0.15, 0.2) is 6.04 Å². The number of benzene rings is 1. The van der Waals surface area contributed by atoms with E-state index in [-0.39, 0.29) is 24.5 Å². The van der Waals surface area contributed by atoms with Crippen molar-refractivity contribution in [3.05, 3.63) is 35.9 Å². The van der Waals surface area contributed by atoms with Gasteiger partial charge >= 0.3 is 5.97 Å². The summed E-state index contributed by atoms with van der Waals surface area (Å²) in [5, 5.41) is 4.74. The fraction of sp³-hybridized carbons (Fsp3) is 0.591. The fourth-order valence-corrected chi connectivity index (χ4v) is 2.51. The summed E-state index contributed by atoms with van der Waals surface area (Å²) in [7, 11) is 0. The second-order valence-corrected chi connectivity index (χ2v) is 9.18. The van der Waals surface area contributed by atoms with Crippen LogP contribution in [-0.2, 0) is 30.5 Å². The second-order valence-electron chi connectivity index (χ2n) is 8.66. The van der Waals surface area contributed by atoms with Crippen molar-refractivity contribution in [1.29, 1.82) is 0 Å². The molecule has 0 aromatic heterocycles. The molecule has 168 valence electrons. The molecule has 0 heterocycles. The van der Waals surface area contributed by atoms with E-state index in [9.17, 15) is 14.4 Å². The van der Waals surface area contributed by atoms with Gasteiger partial charge in [-0.3, -0.25) is 9.59 Å². The van der Waals surface area contributed by atoms with E-state index in [0.29, 0.717) is 6.61 Å². The number of rotatable bonds is 10. The average molecular weight is 439 g/mol. The predicted molar refractivity (Wildman–Crippen MR) is 119 cm³/mol. The minimum absolute atomic E-state index is 0.0549. The highest BCUT2D eigenvalue weighted by Gasteiger charge is 2.37. The Bertz CT molecular complexity index is 716. The molecule has 2 amide bonds. The lowest BCUT2D eigenvalue weighted by Gasteiger charge is -2.31. The Hall–Kier alpha value is -2.06. The van der Waals surface area contributed by atoms with Crippen LogP contribution in [0.5, 0.6) is 0 Å². The van der Waals surface area contributed by atoms with E-state index in [0.717, 1.165) is 5.56 Å². The molecule has 7 nitrogen and oxygen atoms in total. The molecule has 0 fully saturated rings. The van der Waals surface area contributed by atoms with Crippen molar-refractivity contribution >= 4 is 30.4 Å². The number of nitrogens with one attached hydrogen (secondary N) is 2. The number of hydrogen-bond acceptors (Lipinski definition) is 6. The Morgan fingerprint density at radius 3 is 2.20 bits per heavy atom. The first-order valence-electron chi connectivity index (χ1n) is 9.98. The summed E-state index contributed by atoms with van der Waals surface area (Å²) in [6, 6.07) is 8.49. The molecule has 1 rings (SSSR count). The molecule has 8 heteroatoms. The van der Waals surface area contributed by atoms with Gasteiger partial charge < -0.3 is 20.1 Å². The molecular formula is C22H34N2O5S. The van der Waals surface area contributed by atoms with Crippen molar-refractivity contribution in [2.45, 2.75) is 65.0 Å². The van der Waals surface area contributed by atoms with Gasteiger partial charge in [0, 0.05) is 0 Å². The maximum Gasteiger partial charge on any atom is 0.331 e. The smallest absolute Gasteiger partial charge is 0.331 e. The highest BCUT2D eigenvalue weighted by Crippen LogP contribution is 2.24. The van der Waals surface area contributed by atoms with Gasteiger partial charge in [0.05, 0.1) is 25.1 Å². The molecule has 30 heavy (non-hydrogen) atoms. The van der Waals surface area contributed by atoms with Crippen LogP contribution in [0.2, 0.25) is 0 Å². The Balaban J connectivity index is 2.76.